The number of hydrogen-bond acceptors (Lipinski definition) is 6. The molecule has 0 fully saturated rings. The van der Waals surface area contributed by atoms with Gasteiger partial charge in [-0.25, -0.2) is 0 Å². The van der Waals surface area contributed by atoms with Gasteiger partial charge in [-0.3, -0.25) is 4.79 Å². The molecule has 0 aliphatic heterocycles. The van der Waals surface area contributed by atoms with Crippen LogP contribution in [-0.2, 0) is 0 Å². The van der Waals surface area contributed by atoms with Crippen molar-refractivity contribution in [3.8, 4) is 28.7 Å². The molecule has 6 heteroatoms. The van der Waals surface area contributed by atoms with E-state index in [4.69, 9.17) is 5.11 Å². The van der Waals surface area contributed by atoms with Crippen LogP contribution in [0.2, 0.25) is 0 Å². The Bertz CT molecular complexity index is 733. The second-order valence-electron chi connectivity index (χ2n) is 4.28. The molecule has 6 nitrogen and oxygen atoms in total. The molecular weight excluding hydrogens is 276 g/mol. The van der Waals surface area contributed by atoms with Gasteiger partial charge in [0.25, 0.3) is 0 Å². The predicted molar refractivity (Wildman–Crippen MR) is 74.6 cm³/mol. The molecule has 2 aromatic carbocycles. The molecule has 0 saturated carbocycles. The highest BCUT2D eigenvalue weighted by Gasteiger charge is 2.15. The minimum absolute atomic E-state index is 0.176. The van der Waals surface area contributed by atoms with Crippen LogP contribution in [-0.4, -0.2) is 31.3 Å². The fraction of sp³-hybridized carbons (Fsp3) is 0. The summed E-state index contributed by atoms with van der Waals surface area (Å²) in [4.78, 5) is 11.9. The minimum Gasteiger partial charge on any atom is -0.504 e. The van der Waals surface area contributed by atoms with Crippen molar-refractivity contribution in [1.82, 2.24) is 0 Å². The van der Waals surface area contributed by atoms with E-state index in [1.165, 1.54) is 30.3 Å². The summed E-state index contributed by atoms with van der Waals surface area (Å²) in [6.45, 7) is 0. The van der Waals surface area contributed by atoms with Crippen molar-refractivity contribution in [3.05, 3.63) is 47.5 Å². The van der Waals surface area contributed by atoms with E-state index in [9.17, 15) is 25.2 Å². The quantitative estimate of drug-likeness (QED) is 0.335. The SMILES string of the molecule is O=C(/C=C/c1ccc(O)c(O)c1)c1ccc(O)c(O)c1O. The van der Waals surface area contributed by atoms with Gasteiger partial charge in [0.1, 0.15) is 0 Å². The third-order valence-corrected chi connectivity index (χ3v) is 2.82. The fourth-order valence-corrected chi connectivity index (χ4v) is 1.67. The lowest BCUT2D eigenvalue weighted by atomic mass is 10.1. The molecule has 0 spiro atoms. The molecule has 5 N–H and O–H groups in total. The van der Waals surface area contributed by atoms with Gasteiger partial charge in [-0.05, 0) is 35.9 Å². The maximum atomic E-state index is 11.9. The lowest BCUT2D eigenvalue weighted by molar-refractivity contribution is 0.104. The number of benzene rings is 2. The predicted octanol–water partition coefficient (Wildman–Crippen LogP) is 2.11. The Hall–Kier alpha value is -3.15. The number of phenolic OH excluding ortho intramolecular Hbond substituents is 5. The average molecular weight is 288 g/mol. The van der Waals surface area contributed by atoms with E-state index in [1.807, 2.05) is 0 Å². The number of phenols is 5. The smallest absolute Gasteiger partial charge is 0.201 e. The Labute approximate surface area is 119 Å². The number of carbonyl (C=O) groups excluding carboxylic acids is 1. The lowest BCUT2D eigenvalue weighted by Crippen LogP contribution is -1.95. The Balaban J connectivity index is 2.27. The van der Waals surface area contributed by atoms with Gasteiger partial charge in [-0.15, -0.1) is 0 Å². The monoisotopic (exact) mass is 288 g/mol. The Morgan fingerprint density at radius 1 is 0.810 bits per heavy atom. The minimum atomic E-state index is -0.767. The first-order chi connectivity index (χ1) is 9.90. The Kier molecular flexibility index (Phi) is 3.71. The third kappa shape index (κ3) is 2.89. The van der Waals surface area contributed by atoms with Gasteiger partial charge in [-0.2, -0.15) is 0 Å². The van der Waals surface area contributed by atoms with Gasteiger partial charge in [-0.1, -0.05) is 12.1 Å². The molecule has 0 heterocycles. The first-order valence-electron chi connectivity index (χ1n) is 5.88. The number of ketones is 1. The Morgan fingerprint density at radius 3 is 2.14 bits per heavy atom. The van der Waals surface area contributed by atoms with Crippen LogP contribution in [0.5, 0.6) is 28.7 Å². The van der Waals surface area contributed by atoms with Crippen molar-refractivity contribution in [2.24, 2.45) is 0 Å². The van der Waals surface area contributed by atoms with Crippen LogP contribution in [0, 0.1) is 0 Å². The molecule has 0 aliphatic rings. The van der Waals surface area contributed by atoms with Crippen LogP contribution < -0.4 is 0 Å². The molecule has 0 atom stereocenters. The molecule has 0 unspecified atom stereocenters. The van der Waals surface area contributed by atoms with E-state index in [0.29, 0.717) is 5.56 Å². The van der Waals surface area contributed by atoms with E-state index in [0.717, 1.165) is 12.1 Å². The molecule has 0 saturated heterocycles. The summed E-state index contributed by atoms with van der Waals surface area (Å²) in [5.41, 5.74) is 0.283. The van der Waals surface area contributed by atoms with E-state index in [2.05, 4.69) is 0 Å². The largest absolute Gasteiger partial charge is 0.504 e. The van der Waals surface area contributed by atoms with Crippen LogP contribution >= 0.6 is 0 Å². The number of aromatic hydroxyl groups is 5. The van der Waals surface area contributed by atoms with E-state index in [1.54, 1.807) is 0 Å². The standard InChI is InChI=1S/C15H12O6/c16-10(9-3-6-12(18)15(21)14(9)20)4-1-8-2-5-11(17)13(19)7-8/h1-7,17-21H/b4-1+. The fourth-order valence-electron chi connectivity index (χ4n) is 1.67. The van der Waals surface area contributed by atoms with Crippen LogP contribution in [0.15, 0.2) is 36.4 Å². The van der Waals surface area contributed by atoms with Crippen molar-refractivity contribution in [1.29, 1.82) is 0 Å². The molecule has 0 aromatic heterocycles. The zero-order valence-electron chi connectivity index (χ0n) is 10.7. The molecule has 108 valence electrons. The van der Waals surface area contributed by atoms with E-state index >= 15 is 0 Å². The normalized spacial score (nSPS) is 10.9. The Morgan fingerprint density at radius 2 is 1.48 bits per heavy atom. The molecule has 2 aromatic rings. The maximum Gasteiger partial charge on any atom is 0.201 e. The van der Waals surface area contributed by atoms with Gasteiger partial charge in [0.05, 0.1) is 5.56 Å². The molecular formula is C15H12O6. The number of carbonyl (C=O) groups is 1. The van der Waals surface area contributed by atoms with Crippen molar-refractivity contribution in [2.45, 2.75) is 0 Å². The van der Waals surface area contributed by atoms with Crippen LogP contribution in [0.25, 0.3) is 6.08 Å². The summed E-state index contributed by atoms with van der Waals surface area (Å²) in [5, 5.41) is 46.6. The number of rotatable bonds is 3. The average Bonchev–Trinajstić information content (AvgIpc) is 2.46. The second-order valence-corrected chi connectivity index (χ2v) is 4.28. The number of allylic oxidation sites excluding steroid dienone is 1. The highest BCUT2D eigenvalue weighted by Crippen LogP contribution is 2.37. The molecule has 2 rings (SSSR count). The summed E-state index contributed by atoms with van der Waals surface area (Å²) in [5.74, 6) is -3.21. The first-order valence-corrected chi connectivity index (χ1v) is 5.88. The summed E-state index contributed by atoms with van der Waals surface area (Å²) < 4.78 is 0. The zero-order chi connectivity index (χ0) is 15.6. The molecule has 0 amide bonds. The summed E-state index contributed by atoms with van der Waals surface area (Å²) in [6, 6.07) is 6.26. The molecule has 21 heavy (non-hydrogen) atoms. The van der Waals surface area contributed by atoms with Crippen LogP contribution in [0.1, 0.15) is 15.9 Å². The van der Waals surface area contributed by atoms with Gasteiger partial charge < -0.3 is 25.5 Å². The highest BCUT2D eigenvalue weighted by atomic mass is 16.3. The highest BCUT2D eigenvalue weighted by molar-refractivity contribution is 6.09. The first kappa shape index (κ1) is 14.3. The zero-order valence-corrected chi connectivity index (χ0v) is 10.7. The van der Waals surface area contributed by atoms with Crippen molar-refractivity contribution < 1.29 is 30.3 Å². The third-order valence-electron chi connectivity index (χ3n) is 2.82. The van der Waals surface area contributed by atoms with Gasteiger partial charge in [0.15, 0.2) is 28.8 Å². The van der Waals surface area contributed by atoms with Crippen LogP contribution in [0.4, 0.5) is 0 Å². The van der Waals surface area contributed by atoms with Crippen molar-refractivity contribution >= 4 is 11.9 Å². The summed E-state index contributed by atoms with van der Waals surface area (Å²) >= 11 is 0. The summed E-state index contributed by atoms with van der Waals surface area (Å²) in [6.07, 6.45) is 2.49. The lowest BCUT2D eigenvalue weighted by Gasteiger charge is -2.04. The molecule has 0 aliphatic carbocycles. The van der Waals surface area contributed by atoms with E-state index in [-0.39, 0.29) is 17.1 Å². The maximum absolute atomic E-state index is 11.9. The van der Waals surface area contributed by atoms with Crippen LogP contribution in [0.3, 0.4) is 0 Å². The van der Waals surface area contributed by atoms with Crippen molar-refractivity contribution in [2.75, 3.05) is 0 Å². The summed E-state index contributed by atoms with van der Waals surface area (Å²) in [7, 11) is 0. The molecule has 0 bridgehead atoms. The van der Waals surface area contributed by atoms with Crippen molar-refractivity contribution in [3.63, 3.8) is 0 Å². The van der Waals surface area contributed by atoms with Gasteiger partial charge in [0.2, 0.25) is 5.75 Å². The molecule has 0 radical (unpaired) electrons. The second kappa shape index (κ2) is 5.46. The van der Waals surface area contributed by atoms with E-state index < -0.39 is 23.0 Å². The topological polar surface area (TPSA) is 118 Å². The van der Waals surface area contributed by atoms with Gasteiger partial charge >= 0.3 is 0 Å². The van der Waals surface area contributed by atoms with Gasteiger partial charge in [0, 0.05) is 0 Å². The number of hydrogen-bond donors (Lipinski definition) is 5.